The molecule has 14 heavy (non-hydrogen) atoms. The van der Waals surface area contributed by atoms with Crippen LogP contribution >= 0.6 is 0 Å². The predicted octanol–water partition coefficient (Wildman–Crippen LogP) is 1.65. The van der Waals surface area contributed by atoms with Crippen molar-refractivity contribution >= 4 is 6.03 Å². The van der Waals surface area contributed by atoms with Crippen molar-refractivity contribution in [2.24, 2.45) is 5.73 Å². The normalized spacial score (nSPS) is 19.1. The number of amides is 2. The Bertz CT molecular complexity index is 374. The van der Waals surface area contributed by atoms with Crippen LogP contribution in [-0.2, 0) is 6.42 Å². The molecule has 0 fully saturated rings. The Morgan fingerprint density at radius 1 is 1.57 bits per heavy atom. The van der Waals surface area contributed by atoms with Gasteiger partial charge >= 0.3 is 6.03 Å². The lowest BCUT2D eigenvalue weighted by Crippen LogP contribution is -2.32. The summed E-state index contributed by atoms with van der Waals surface area (Å²) in [5.41, 5.74) is 9.01. The summed E-state index contributed by atoms with van der Waals surface area (Å²) < 4.78 is 0. The molecule has 0 aromatic heterocycles. The van der Waals surface area contributed by atoms with Gasteiger partial charge in [0.1, 0.15) is 0 Å². The van der Waals surface area contributed by atoms with E-state index >= 15 is 0 Å². The smallest absolute Gasteiger partial charge is 0.312 e. The number of fused-ring (bicyclic) bond motifs is 1. The third kappa shape index (κ3) is 1.45. The van der Waals surface area contributed by atoms with Crippen LogP contribution in [0.2, 0.25) is 0 Å². The summed E-state index contributed by atoms with van der Waals surface area (Å²) >= 11 is 0. The number of nitrogens with one attached hydrogen (secondary N) is 1. The lowest BCUT2D eigenvalue weighted by molar-refractivity contribution is 0.245. The topological polar surface area (TPSA) is 55.1 Å². The molecule has 0 saturated carbocycles. The van der Waals surface area contributed by atoms with Crippen LogP contribution in [0.15, 0.2) is 18.2 Å². The second-order valence-corrected chi connectivity index (χ2v) is 3.74. The summed E-state index contributed by atoms with van der Waals surface area (Å²) in [5, 5.41) is 2.76. The van der Waals surface area contributed by atoms with Crippen LogP contribution in [0.3, 0.4) is 0 Å². The van der Waals surface area contributed by atoms with Crippen LogP contribution < -0.4 is 11.1 Å². The fourth-order valence-electron chi connectivity index (χ4n) is 2.16. The van der Waals surface area contributed by atoms with E-state index in [1.54, 1.807) is 0 Å². The first-order valence-corrected chi connectivity index (χ1v) is 4.83. The van der Waals surface area contributed by atoms with Gasteiger partial charge in [0.25, 0.3) is 0 Å². The first-order chi connectivity index (χ1) is 6.68. The molecule has 1 aliphatic rings. The van der Waals surface area contributed by atoms with Crippen molar-refractivity contribution in [1.82, 2.24) is 5.32 Å². The fourth-order valence-corrected chi connectivity index (χ4v) is 2.16. The highest BCUT2D eigenvalue weighted by molar-refractivity contribution is 5.72. The van der Waals surface area contributed by atoms with Gasteiger partial charge in [0.2, 0.25) is 0 Å². The van der Waals surface area contributed by atoms with E-state index in [1.165, 1.54) is 16.7 Å². The standard InChI is InChI=1S/C11H14N2O/c1-7-3-2-4-9-8(7)5-6-10(9)13-11(12)14/h2-4,10H,5-6H2,1H3,(H3,12,13,14)/t10-/m1/s1. The van der Waals surface area contributed by atoms with Crippen molar-refractivity contribution in [2.45, 2.75) is 25.8 Å². The third-order valence-electron chi connectivity index (χ3n) is 2.82. The van der Waals surface area contributed by atoms with E-state index in [2.05, 4.69) is 24.4 Å². The van der Waals surface area contributed by atoms with Gasteiger partial charge in [0.15, 0.2) is 0 Å². The Kier molecular flexibility index (Phi) is 2.15. The maximum atomic E-state index is 10.8. The third-order valence-corrected chi connectivity index (χ3v) is 2.82. The van der Waals surface area contributed by atoms with Gasteiger partial charge in [-0.2, -0.15) is 0 Å². The number of aryl methyl sites for hydroxylation is 1. The predicted molar refractivity (Wildman–Crippen MR) is 55.0 cm³/mol. The summed E-state index contributed by atoms with van der Waals surface area (Å²) in [6.45, 7) is 2.10. The van der Waals surface area contributed by atoms with E-state index in [4.69, 9.17) is 5.73 Å². The maximum absolute atomic E-state index is 10.8. The SMILES string of the molecule is Cc1cccc2c1CC[C@H]2NC(N)=O. The van der Waals surface area contributed by atoms with E-state index in [1.807, 2.05) is 6.07 Å². The Morgan fingerprint density at radius 2 is 2.36 bits per heavy atom. The summed E-state index contributed by atoms with van der Waals surface area (Å²) in [5.74, 6) is 0. The molecule has 3 heteroatoms. The number of carbonyl (C=O) groups excluding carboxylic acids is 1. The second-order valence-electron chi connectivity index (χ2n) is 3.74. The molecule has 1 aromatic rings. The zero-order valence-electron chi connectivity index (χ0n) is 8.21. The van der Waals surface area contributed by atoms with E-state index in [0.29, 0.717) is 0 Å². The minimum Gasteiger partial charge on any atom is -0.352 e. The summed E-state index contributed by atoms with van der Waals surface area (Å²) in [4.78, 5) is 10.8. The monoisotopic (exact) mass is 190 g/mol. The Balaban J connectivity index is 2.30. The Morgan fingerprint density at radius 3 is 3.07 bits per heavy atom. The summed E-state index contributed by atoms with van der Waals surface area (Å²) in [6.07, 6.45) is 2.00. The van der Waals surface area contributed by atoms with Crippen LogP contribution in [-0.4, -0.2) is 6.03 Å². The highest BCUT2D eigenvalue weighted by Crippen LogP contribution is 2.32. The van der Waals surface area contributed by atoms with Gasteiger partial charge in [-0.25, -0.2) is 4.79 Å². The quantitative estimate of drug-likeness (QED) is 0.695. The molecule has 0 spiro atoms. The molecular weight excluding hydrogens is 176 g/mol. The number of hydrogen-bond acceptors (Lipinski definition) is 1. The molecule has 74 valence electrons. The van der Waals surface area contributed by atoms with Gasteiger partial charge in [-0.1, -0.05) is 18.2 Å². The minimum atomic E-state index is -0.440. The van der Waals surface area contributed by atoms with Crippen LogP contribution in [0.4, 0.5) is 4.79 Å². The molecule has 1 atom stereocenters. The number of rotatable bonds is 1. The largest absolute Gasteiger partial charge is 0.352 e. The van der Waals surface area contributed by atoms with Crippen molar-refractivity contribution in [3.8, 4) is 0 Å². The number of primary amides is 1. The van der Waals surface area contributed by atoms with Crippen molar-refractivity contribution in [3.05, 3.63) is 34.9 Å². The van der Waals surface area contributed by atoms with Gasteiger partial charge in [-0.05, 0) is 36.5 Å². The van der Waals surface area contributed by atoms with Gasteiger partial charge in [-0.15, -0.1) is 0 Å². The molecule has 0 heterocycles. The van der Waals surface area contributed by atoms with E-state index in [9.17, 15) is 4.79 Å². The van der Waals surface area contributed by atoms with Crippen LogP contribution in [0, 0.1) is 6.92 Å². The summed E-state index contributed by atoms with van der Waals surface area (Å²) in [6, 6.07) is 5.86. The molecule has 2 rings (SSSR count). The second kappa shape index (κ2) is 3.33. The zero-order chi connectivity index (χ0) is 10.1. The number of urea groups is 1. The molecular formula is C11H14N2O. The number of carbonyl (C=O) groups is 1. The molecule has 0 unspecified atom stereocenters. The number of benzene rings is 1. The first kappa shape index (κ1) is 9.06. The Hall–Kier alpha value is -1.51. The van der Waals surface area contributed by atoms with Crippen molar-refractivity contribution in [2.75, 3.05) is 0 Å². The summed E-state index contributed by atoms with van der Waals surface area (Å²) in [7, 11) is 0. The fraction of sp³-hybridized carbons (Fsp3) is 0.364. The maximum Gasteiger partial charge on any atom is 0.312 e. The minimum absolute atomic E-state index is 0.113. The van der Waals surface area contributed by atoms with Crippen molar-refractivity contribution in [1.29, 1.82) is 0 Å². The average molecular weight is 190 g/mol. The lowest BCUT2D eigenvalue weighted by atomic mass is 10.0. The molecule has 0 aliphatic heterocycles. The van der Waals surface area contributed by atoms with E-state index in [0.717, 1.165) is 12.8 Å². The molecule has 3 N–H and O–H groups in total. The number of nitrogens with two attached hydrogens (primary N) is 1. The number of hydrogen-bond donors (Lipinski definition) is 2. The molecule has 0 bridgehead atoms. The van der Waals surface area contributed by atoms with E-state index in [-0.39, 0.29) is 6.04 Å². The molecule has 2 amide bonds. The molecule has 3 nitrogen and oxygen atoms in total. The molecule has 0 saturated heterocycles. The van der Waals surface area contributed by atoms with Gasteiger partial charge < -0.3 is 11.1 Å². The molecule has 1 aliphatic carbocycles. The van der Waals surface area contributed by atoms with Crippen LogP contribution in [0.25, 0.3) is 0 Å². The van der Waals surface area contributed by atoms with Crippen molar-refractivity contribution in [3.63, 3.8) is 0 Å². The van der Waals surface area contributed by atoms with Crippen LogP contribution in [0.1, 0.15) is 29.2 Å². The Labute approximate surface area is 83.3 Å². The lowest BCUT2D eigenvalue weighted by Gasteiger charge is -2.12. The van der Waals surface area contributed by atoms with Gasteiger partial charge in [0, 0.05) is 0 Å². The van der Waals surface area contributed by atoms with Gasteiger partial charge in [-0.3, -0.25) is 0 Å². The van der Waals surface area contributed by atoms with Crippen molar-refractivity contribution < 1.29 is 4.79 Å². The zero-order valence-corrected chi connectivity index (χ0v) is 8.21. The van der Waals surface area contributed by atoms with E-state index < -0.39 is 6.03 Å². The first-order valence-electron chi connectivity index (χ1n) is 4.83. The highest BCUT2D eigenvalue weighted by atomic mass is 16.2. The average Bonchev–Trinajstić information content (AvgIpc) is 2.49. The molecule has 0 radical (unpaired) electrons. The van der Waals surface area contributed by atoms with Gasteiger partial charge in [0.05, 0.1) is 6.04 Å². The van der Waals surface area contributed by atoms with Crippen LogP contribution in [0.5, 0.6) is 0 Å². The molecule has 1 aromatic carbocycles. The highest BCUT2D eigenvalue weighted by Gasteiger charge is 2.23.